The first kappa shape index (κ1) is 20.2. The molecule has 1 aliphatic rings. The van der Waals surface area contributed by atoms with Gasteiger partial charge in [-0.15, -0.1) is 0 Å². The predicted octanol–water partition coefficient (Wildman–Crippen LogP) is 1.69. The van der Waals surface area contributed by atoms with Crippen LogP contribution in [-0.2, 0) is 9.59 Å². The summed E-state index contributed by atoms with van der Waals surface area (Å²) >= 11 is 0. The number of aryl methyl sites for hydroxylation is 2. The number of benzene rings is 1. The van der Waals surface area contributed by atoms with E-state index in [-0.39, 0.29) is 18.4 Å². The van der Waals surface area contributed by atoms with Gasteiger partial charge in [-0.05, 0) is 44.9 Å². The van der Waals surface area contributed by atoms with Crippen LogP contribution in [0.2, 0.25) is 0 Å². The van der Waals surface area contributed by atoms with Crippen LogP contribution in [0.5, 0.6) is 5.75 Å². The van der Waals surface area contributed by atoms with Crippen molar-refractivity contribution in [1.29, 1.82) is 0 Å². The summed E-state index contributed by atoms with van der Waals surface area (Å²) in [6, 6.07) is 5.99. The van der Waals surface area contributed by atoms with Gasteiger partial charge in [-0.25, -0.2) is 0 Å². The molecular weight excluding hydrogens is 330 g/mol. The fraction of sp³-hybridized carbons (Fsp3) is 0.600. The summed E-state index contributed by atoms with van der Waals surface area (Å²) < 4.78 is 5.72. The highest BCUT2D eigenvalue weighted by atomic mass is 16.5. The van der Waals surface area contributed by atoms with Crippen molar-refractivity contribution in [2.75, 3.05) is 52.4 Å². The van der Waals surface area contributed by atoms with Crippen LogP contribution in [0.4, 0.5) is 0 Å². The van der Waals surface area contributed by atoms with Crippen LogP contribution in [0.1, 0.15) is 25.0 Å². The molecule has 1 saturated heterocycles. The maximum absolute atomic E-state index is 12.4. The monoisotopic (exact) mass is 361 g/mol. The Kier molecular flexibility index (Phi) is 7.45. The van der Waals surface area contributed by atoms with Gasteiger partial charge in [-0.3, -0.25) is 14.5 Å². The second-order valence-electron chi connectivity index (χ2n) is 6.78. The summed E-state index contributed by atoms with van der Waals surface area (Å²) in [5, 5.41) is 0. The molecule has 6 nitrogen and oxygen atoms in total. The SMILES string of the molecule is CCN(CC)C(=O)CN1CCN(C(=O)COc2cc(C)ccc2C)CC1. The van der Waals surface area contributed by atoms with Gasteiger partial charge in [0.05, 0.1) is 6.54 Å². The van der Waals surface area contributed by atoms with Crippen molar-refractivity contribution in [2.45, 2.75) is 27.7 Å². The molecule has 1 fully saturated rings. The standard InChI is InChI=1S/C20H31N3O3/c1-5-22(6-2)19(24)14-21-9-11-23(12-10-21)20(25)15-26-18-13-16(3)7-8-17(18)4/h7-8,13H,5-6,9-12,14-15H2,1-4H3. The molecule has 2 rings (SSSR count). The largest absolute Gasteiger partial charge is 0.483 e. The van der Waals surface area contributed by atoms with Gasteiger partial charge in [0.2, 0.25) is 5.91 Å². The molecule has 0 atom stereocenters. The number of rotatable bonds is 7. The third-order valence-electron chi connectivity index (χ3n) is 4.89. The van der Waals surface area contributed by atoms with E-state index in [0.29, 0.717) is 19.6 Å². The molecule has 0 unspecified atom stereocenters. The molecule has 0 saturated carbocycles. The second kappa shape index (κ2) is 9.57. The Balaban J connectivity index is 1.77. The van der Waals surface area contributed by atoms with Crippen LogP contribution in [0.25, 0.3) is 0 Å². The molecule has 0 N–H and O–H groups in total. The van der Waals surface area contributed by atoms with E-state index in [4.69, 9.17) is 4.74 Å². The van der Waals surface area contributed by atoms with Crippen molar-refractivity contribution in [2.24, 2.45) is 0 Å². The molecule has 2 amide bonds. The average molecular weight is 361 g/mol. The Bertz CT molecular complexity index is 621. The highest BCUT2D eigenvalue weighted by Gasteiger charge is 2.23. The normalized spacial score (nSPS) is 15.0. The first-order valence-electron chi connectivity index (χ1n) is 9.42. The third kappa shape index (κ3) is 5.46. The van der Waals surface area contributed by atoms with E-state index in [2.05, 4.69) is 4.90 Å². The maximum atomic E-state index is 12.4. The molecule has 1 aromatic carbocycles. The number of carbonyl (C=O) groups excluding carboxylic acids is 2. The van der Waals surface area contributed by atoms with Crippen molar-refractivity contribution >= 4 is 11.8 Å². The van der Waals surface area contributed by atoms with Crippen LogP contribution in [0.3, 0.4) is 0 Å². The Hall–Kier alpha value is -2.08. The fourth-order valence-electron chi connectivity index (χ4n) is 3.12. The van der Waals surface area contributed by atoms with Gasteiger partial charge in [0.15, 0.2) is 6.61 Å². The fourth-order valence-corrected chi connectivity index (χ4v) is 3.12. The summed E-state index contributed by atoms with van der Waals surface area (Å²) in [6.07, 6.45) is 0. The number of ether oxygens (including phenoxy) is 1. The molecule has 1 aliphatic heterocycles. The Morgan fingerprint density at radius 1 is 1.08 bits per heavy atom. The van der Waals surface area contributed by atoms with Gasteiger partial charge in [-0.2, -0.15) is 0 Å². The van der Waals surface area contributed by atoms with Gasteiger partial charge in [0.1, 0.15) is 5.75 Å². The minimum atomic E-state index is 0.000579. The summed E-state index contributed by atoms with van der Waals surface area (Å²) in [6.45, 7) is 12.7. The molecule has 0 aliphatic carbocycles. The molecule has 144 valence electrons. The molecule has 1 heterocycles. The summed E-state index contributed by atoms with van der Waals surface area (Å²) in [7, 11) is 0. The van der Waals surface area contributed by atoms with E-state index in [1.54, 1.807) is 0 Å². The smallest absolute Gasteiger partial charge is 0.260 e. The van der Waals surface area contributed by atoms with Crippen molar-refractivity contribution in [1.82, 2.24) is 14.7 Å². The van der Waals surface area contributed by atoms with E-state index in [1.165, 1.54) is 0 Å². The number of nitrogens with zero attached hydrogens (tertiary/aromatic N) is 3. The minimum Gasteiger partial charge on any atom is -0.483 e. The lowest BCUT2D eigenvalue weighted by molar-refractivity contribution is -0.136. The van der Waals surface area contributed by atoms with E-state index in [0.717, 1.165) is 43.1 Å². The van der Waals surface area contributed by atoms with Gasteiger partial charge < -0.3 is 14.5 Å². The lowest BCUT2D eigenvalue weighted by atomic mass is 10.1. The first-order chi connectivity index (χ1) is 12.4. The van der Waals surface area contributed by atoms with Gasteiger partial charge in [-0.1, -0.05) is 12.1 Å². The molecule has 6 heteroatoms. The van der Waals surface area contributed by atoms with Crippen LogP contribution in [-0.4, -0.2) is 78.9 Å². The first-order valence-corrected chi connectivity index (χ1v) is 9.42. The molecule has 0 bridgehead atoms. The summed E-state index contributed by atoms with van der Waals surface area (Å²) in [4.78, 5) is 30.4. The van der Waals surface area contributed by atoms with Crippen molar-refractivity contribution < 1.29 is 14.3 Å². The quantitative estimate of drug-likeness (QED) is 0.742. The number of piperazine rings is 1. The molecule has 1 aromatic rings. The van der Waals surface area contributed by atoms with Crippen molar-refractivity contribution in [3.63, 3.8) is 0 Å². The topological polar surface area (TPSA) is 53.1 Å². The van der Waals surface area contributed by atoms with E-state index >= 15 is 0 Å². The van der Waals surface area contributed by atoms with Gasteiger partial charge >= 0.3 is 0 Å². The number of amides is 2. The molecule has 0 radical (unpaired) electrons. The number of carbonyl (C=O) groups is 2. The zero-order chi connectivity index (χ0) is 19.1. The van der Waals surface area contributed by atoms with Crippen LogP contribution >= 0.6 is 0 Å². The third-order valence-corrected chi connectivity index (χ3v) is 4.89. The lowest BCUT2D eigenvalue weighted by Crippen LogP contribution is -2.52. The Morgan fingerprint density at radius 2 is 1.73 bits per heavy atom. The van der Waals surface area contributed by atoms with Crippen LogP contribution < -0.4 is 4.74 Å². The van der Waals surface area contributed by atoms with Gasteiger partial charge in [0.25, 0.3) is 5.91 Å². The minimum absolute atomic E-state index is 0.000579. The van der Waals surface area contributed by atoms with E-state index in [1.807, 2.05) is 55.7 Å². The van der Waals surface area contributed by atoms with Gasteiger partial charge in [0, 0.05) is 39.3 Å². The van der Waals surface area contributed by atoms with E-state index in [9.17, 15) is 9.59 Å². The highest BCUT2D eigenvalue weighted by molar-refractivity contribution is 5.79. The number of hydrogen-bond donors (Lipinski definition) is 0. The summed E-state index contributed by atoms with van der Waals surface area (Å²) in [5.41, 5.74) is 2.15. The highest BCUT2D eigenvalue weighted by Crippen LogP contribution is 2.19. The van der Waals surface area contributed by atoms with E-state index < -0.39 is 0 Å². The second-order valence-corrected chi connectivity index (χ2v) is 6.78. The average Bonchev–Trinajstić information content (AvgIpc) is 2.64. The predicted molar refractivity (Wildman–Crippen MR) is 102 cm³/mol. The summed E-state index contributed by atoms with van der Waals surface area (Å²) in [5.74, 6) is 0.926. The van der Waals surface area contributed by atoms with Crippen molar-refractivity contribution in [3.05, 3.63) is 29.3 Å². The molecule has 0 spiro atoms. The van der Waals surface area contributed by atoms with Crippen LogP contribution in [0.15, 0.2) is 18.2 Å². The molecular formula is C20H31N3O3. The Labute approximate surface area is 156 Å². The van der Waals surface area contributed by atoms with Crippen LogP contribution in [0, 0.1) is 13.8 Å². The maximum Gasteiger partial charge on any atom is 0.260 e. The molecule has 26 heavy (non-hydrogen) atoms. The zero-order valence-corrected chi connectivity index (χ0v) is 16.5. The Morgan fingerprint density at radius 3 is 2.35 bits per heavy atom. The number of hydrogen-bond acceptors (Lipinski definition) is 4. The molecule has 0 aromatic heterocycles. The number of likely N-dealkylation sites (N-methyl/N-ethyl adjacent to an activating group) is 1. The zero-order valence-electron chi connectivity index (χ0n) is 16.5. The lowest BCUT2D eigenvalue weighted by Gasteiger charge is -2.35. The van der Waals surface area contributed by atoms with Crippen molar-refractivity contribution in [3.8, 4) is 5.75 Å².